The van der Waals surface area contributed by atoms with Gasteiger partial charge in [-0.2, -0.15) is 4.31 Å². The quantitative estimate of drug-likeness (QED) is 0.898. The summed E-state index contributed by atoms with van der Waals surface area (Å²) >= 11 is 6.04. The number of nitrogens with two attached hydrogens (primary N) is 1. The van der Waals surface area contributed by atoms with E-state index in [0.29, 0.717) is 25.4 Å². The number of methoxy groups -OCH3 is 1. The molecule has 0 aliphatic carbocycles. The molecule has 1 aliphatic heterocycles. The maximum Gasteiger partial charge on any atom is 0.244 e. The van der Waals surface area contributed by atoms with Crippen LogP contribution in [0.1, 0.15) is 13.3 Å². The predicted octanol–water partition coefficient (Wildman–Crippen LogP) is 2.13. The third kappa shape index (κ3) is 3.63. The minimum Gasteiger partial charge on any atom is -0.497 e. The first-order valence-corrected chi connectivity index (χ1v) is 8.18. The molecule has 1 saturated heterocycles. The molecule has 2 rings (SSSR count). The van der Waals surface area contributed by atoms with E-state index in [1.54, 1.807) is 6.07 Å². The van der Waals surface area contributed by atoms with Gasteiger partial charge in [0.05, 0.1) is 12.1 Å². The molecule has 2 N–H and O–H groups in total. The first kappa shape index (κ1) is 18.5. The Hall–Kier alpha value is -0.530. The second-order valence-electron chi connectivity index (χ2n) is 5.40. The highest BCUT2D eigenvalue weighted by Gasteiger charge is 2.39. The third-order valence-corrected chi connectivity index (χ3v) is 6.10. The van der Waals surface area contributed by atoms with E-state index in [0.717, 1.165) is 6.42 Å². The van der Waals surface area contributed by atoms with Gasteiger partial charge in [-0.15, -0.1) is 12.4 Å². The van der Waals surface area contributed by atoms with E-state index in [1.165, 1.54) is 23.5 Å². The number of hydrogen-bond donors (Lipinski definition) is 1. The van der Waals surface area contributed by atoms with Crippen LogP contribution in [-0.4, -0.2) is 39.5 Å². The van der Waals surface area contributed by atoms with Crippen LogP contribution in [0.4, 0.5) is 0 Å². The fraction of sp³-hybridized carbons (Fsp3) is 0.538. The van der Waals surface area contributed by atoms with Crippen molar-refractivity contribution < 1.29 is 13.2 Å². The summed E-state index contributed by atoms with van der Waals surface area (Å²) < 4.78 is 31.9. The summed E-state index contributed by atoms with van der Waals surface area (Å²) in [6.45, 7) is 3.34. The van der Waals surface area contributed by atoms with Crippen LogP contribution >= 0.6 is 24.0 Å². The van der Waals surface area contributed by atoms with E-state index < -0.39 is 10.0 Å². The van der Waals surface area contributed by atoms with E-state index in [9.17, 15) is 8.42 Å². The molecule has 1 heterocycles. The third-order valence-electron chi connectivity index (χ3n) is 3.77. The lowest BCUT2D eigenvalue weighted by molar-refractivity contribution is 0.349. The average Bonchev–Trinajstić information content (AvgIpc) is 2.83. The molecule has 0 aromatic heterocycles. The van der Waals surface area contributed by atoms with E-state index in [1.807, 2.05) is 6.92 Å². The molecule has 5 nitrogen and oxygen atoms in total. The predicted molar refractivity (Wildman–Crippen MR) is 85.8 cm³/mol. The van der Waals surface area contributed by atoms with Crippen molar-refractivity contribution in [3.05, 3.63) is 23.2 Å². The molecule has 8 heteroatoms. The number of ether oxygens (including phenoxy) is 1. The van der Waals surface area contributed by atoms with Gasteiger partial charge in [0.25, 0.3) is 0 Å². The Balaban J connectivity index is 0.00000220. The Kier molecular flexibility index (Phi) is 5.91. The van der Waals surface area contributed by atoms with Crippen LogP contribution in [0.3, 0.4) is 0 Å². The van der Waals surface area contributed by atoms with Gasteiger partial charge in [0.1, 0.15) is 10.6 Å². The van der Waals surface area contributed by atoms with Gasteiger partial charge in [0.2, 0.25) is 10.0 Å². The minimum atomic E-state index is -3.62. The van der Waals surface area contributed by atoms with Crippen molar-refractivity contribution in [2.75, 3.05) is 26.7 Å². The lowest BCUT2D eigenvalue weighted by Crippen LogP contribution is -2.34. The molecule has 1 unspecified atom stereocenters. The van der Waals surface area contributed by atoms with Crippen molar-refractivity contribution >= 4 is 34.0 Å². The normalized spacial score (nSPS) is 22.9. The monoisotopic (exact) mass is 354 g/mol. The summed E-state index contributed by atoms with van der Waals surface area (Å²) in [5.41, 5.74) is 5.55. The summed E-state index contributed by atoms with van der Waals surface area (Å²) in [5.74, 6) is 0.466. The van der Waals surface area contributed by atoms with E-state index in [2.05, 4.69) is 0 Å². The Morgan fingerprint density at radius 2 is 2.14 bits per heavy atom. The topological polar surface area (TPSA) is 72.6 Å². The number of nitrogens with zero attached hydrogens (tertiary/aromatic N) is 1. The van der Waals surface area contributed by atoms with Gasteiger partial charge in [0, 0.05) is 19.2 Å². The average molecular weight is 355 g/mol. The molecule has 0 radical (unpaired) electrons. The van der Waals surface area contributed by atoms with Gasteiger partial charge in [-0.1, -0.05) is 18.5 Å². The molecule has 0 saturated carbocycles. The van der Waals surface area contributed by atoms with Crippen LogP contribution < -0.4 is 10.5 Å². The van der Waals surface area contributed by atoms with Gasteiger partial charge >= 0.3 is 0 Å². The van der Waals surface area contributed by atoms with Gasteiger partial charge < -0.3 is 10.5 Å². The summed E-state index contributed by atoms with van der Waals surface area (Å²) in [4.78, 5) is 0.0831. The smallest absolute Gasteiger partial charge is 0.244 e. The fourth-order valence-electron chi connectivity index (χ4n) is 2.30. The zero-order chi connectivity index (χ0) is 15.0. The maximum absolute atomic E-state index is 12.7. The standard InChI is InChI=1S/C13H19ClN2O3S.ClH/c1-13(8-15)5-6-16(9-13)20(17,18)12-7-10(19-2)3-4-11(12)14;/h3-4,7H,5-6,8-9,15H2,1-2H3;1H. The molecule has 120 valence electrons. The molecule has 21 heavy (non-hydrogen) atoms. The summed E-state index contributed by atoms with van der Waals surface area (Å²) in [7, 11) is -2.13. The highest BCUT2D eigenvalue weighted by atomic mass is 35.5. The molecular weight excluding hydrogens is 335 g/mol. The minimum absolute atomic E-state index is 0. The summed E-state index contributed by atoms with van der Waals surface area (Å²) in [6.07, 6.45) is 0.754. The van der Waals surface area contributed by atoms with Crippen molar-refractivity contribution in [2.24, 2.45) is 11.1 Å². The molecule has 0 amide bonds. The zero-order valence-electron chi connectivity index (χ0n) is 12.0. The number of sulfonamides is 1. The van der Waals surface area contributed by atoms with Crippen LogP contribution in [0, 0.1) is 5.41 Å². The maximum atomic E-state index is 12.7. The molecule has 1 atom stereocenters. The molecule has 1 aliphatic rings. The molecule has 1 aromatic carbocycles. The Labute approximate surface area is 136 Å². The van der Waals surface area contributed by atoms with Gasteiger partial charge in [-0.3, -0.25) is 0 Å². The molecule has 1 fully saturated rings. The molecule has 0 bridgehead atoms. The van der Waals surface area contributed by atoms with Crippen molar-refractivity contribution in [3.8, 4) is 5.75 Å². The molecule has 0 spiro atoms. The highest BCUT2D eigenvalue weighted by Crippen LogP contribution is 2.35. The number of rotatable bonds is 4. The number of benzene rings is 1. The van der Waals surface area contributed by atoms with Crippen molar-refractivity contribution in [2.45, 2.75) is 18.2 Å². The fourth-order valence-corrected chi connectivity index (χ4v) is 4.38. The first-order chi connectivity index (χ1) is 9.32. The molecule has 1 aromatic rings. The van der Waals surface area contributed by atoms with Crippen LogP contribution in [0.15, 0.2) is 23.1 Å². The van der Waals surface area contributed by atoms with E-state index >= 15 is 0 Å². The van der Waals surface area contributed by atoms with Crippen LogP contribution in [0.2, 0.25) is 5.02 Å². The molecular formula is C13H20Cl2N2O3S. The Morgan fingerprint density at radius 1 is 1.48 bits per heavy atom. The van der Waals surface area contributed by atoms with E-state index in [4.69, 9.17) is 22.1 Å². The summed E-state index contributed by atoms with van der Waals surface area (Å²) in [5, 5.41) is 0.201. The lowest BCUT2D eigenvalue weighted by atomic mass is 9.90. The Morgan fingerprint density at radius 3 is 2.67 bits per heavy atom. The summed E-state index contributed by atoms with van der Waals surface area (Å²) in [6, 6.07) is 4.62. The van der Waals surface area contributed by atoms with Crippen molar-refractivity contribution in [3.63, 3.8) is 0 Å². The van der Waals surface area contributed by atoms with Crippen LogP contribution in [0.25, 0.3) is 0 Å². The van der Waals surface area contributed by atoms with E-state index in [-0.39, 0.29) is 27.7 Å². The Bertz CT molecular complexity index is 609. The van der Waals surface area contributed by atoms with Crippen molar-refractivity contribution in [1.82, 2.24) is 4.31 Å². The van der Waals surface area contributed by atoms with Gasteiger partial charge in [-0.05, 0) is 30.5 Å². The van der Waals surface area contributed by atoms with Gasteiger partial charge in [0.15, 0.2) is 0 Å². The second-order valence-corrected chi connectivity index (χ2v) is 7.71. The zero-order valence-corrected chi connectivity index (χ0v) is 14.4. The highest BCUT2D eigenvalue weighted by molar-refractivity contribution is 7.89. The number of hydrogen-bond acceptors (Lipinski definition) is 4. The van der Waals surface area contributed by atoms with Crippen molar-refractivity contribution in [1.29, 1.82) is 0 Å². The lowest BCUT2D eigenvalue weighted by Gasteiger charge is -2.22. The van der Waals surface area contributed by atoms with Crippen LogP contribution in [-0.2, 0) is 10.0 Å². The first-order valence-electron chi connectivity index (χ1n) is 6.36. The SMILES string of the molecule is COc1ccc(Cl)c(S(=O)(=O)N2CCC(C)(CN)C2)c1.Cl. The largest absolute Gasteiger partial charge is 0.497 e. The number of halogens is 2. The van der Waals surface area contributed by atoms with Crippen LogP contribution in [0.5, 0.6) is 5.75 Å². The second kappa shape index (κ2) is 6.71. The van der Waals surface area contributed by atoms with Gasteiger partial charge in [-0.25, -0.2) is 8.42 Å².